The van der Waals surface area contributed by atoms with Crippen LogP contribution in [0.3, 0.4) is 0 Å². The summed E-state index contributed by atoms with van der Waals surface area (Å²) < 4.78 is 39.7. The van der Waals surface area contributed by atoms with Gasteiger partial charge in [-0.15, -0.1) is 0 Å². The quantitative estimate of drug-likeness (QED) is 0.614. The molecule has 1 N–H and O–H groups in total. The van der Waals surface area contributed by atoms with E-state index in [1.165, 1.54) is 0 Å². The van der Waals surface area contributed by atoms with Crippen molar-refractivity contribution in [3.63, 3.8) is 0 Å². The number of H-pyrrole nitrogens is 1. The van der Waals surface area contributed by atoms with Crippen molar-refractivity contribution >= 4 is 22.4 Å². The van der Waals surface area contributed by atoms with Crippen molar-refractivity contribution in [2.75, 3.05) is 11.4 Å². The molecule has 0 unspecified atom stereocenters. The predicted molar refractivity (Wildman–Crippen MR) is 107 cm³/mol. The number of benzene rings is 1. The van der Waals surface area contributed by atoms with Crippen LogP contribution in [-0.2, 0) is 6.42 Å². The Bertz CT molecular complexity index is 1270. The van der Waals surface area contributed by atoms with E-state index >= 15 is 0 Å². The molecule has 2 aliphatic rings. The van der Waals surface area contributed by atoms with Crippen molar-refractivity contribution in [3.8, 4) is 11.8 Å². The Hall–Kier alpha value is -3.34. The number of fused-ring (bicyclic) bond motifs is 2. The van der Waals surface area contributed by atoms with E-state index in [0.717, 1.165) is 23.1 Å². The zero-order chi connectivity index (χ0) is 20.9. The normalized spacial score (nSPS) is 17.2. The van der Waals surface area contributed by atoms with Crippen molar-refractivity contribution in [1.82, 2.24) is 15.0 Å². The van der Waals surface area contributed by atoms with Gasteiger partial charge >= 0.3 is 11.9 Å². The summed E-state index contributed by atoms with van der Waals surface area (Å²) >= 11 is 0. The Morgan fingerprint density at radius 3 is 2.73 bits per heavy atom. The summed E-state index contributed by atoms with van der Waals surface area (Å²) in [5.41, 5.74) is 0.263. The first-order valence-corrected chi connectivity index (χ1v) is 9.72. The third kappa shape index (κ3) is 3.02. The summed E-state index contributed by atoms with van der Waals surface area (Å²) in [5, 5.41) is 0.795. The highest BCUT2D eigenvalue weighted by molar-refractivity contribution is 5.91. The highest BCUT2D eigenvalue weighted by atomic mass is 19.4. The van der Waals surface area contributed by atoms with Crippen molar-refractivity contribution in [2.45, 2.75) is 31.9 Å². The number of hydrogen-bond donors (Lipinski definition) is 1. The van der Waals surface area contributed by atoms with Crippen LogP contribution >= 0.6 is 0 Å². The molecule has 0 amide bonds. The Balaban J connectivity index is 1.61. The maximum Gasteiger partial charge on any atom is 0.405 e. The average molecular weight is 410 g/mol. The van der Waals surface area contributed by atoms with E-state index in [2.05, 4.69) is 26.8 Å². The van der Waals surface area contributed by atoms with Gasteiger partial charge in [0.25, 0.3) is 0 Å². The topological polar surface area (TPSA) is 61.9 Å². The van der Waals surface area contributed by atoms with Gasteiger partial charge in [-0.25, -0.2) is 9.78 Å². The average Bonchev–Trinajstić information content (AvgIpc) is 3.52. The molecule has 1 aliphatic carbocycles. The first-order valence-electron chi connectivity index (χ1n) is 9.72. The van der Waals surface area contributed by atoms with Crippen LogP contribution in [0.2, 0.25) is 0 Å². The van der Waals surface area contributed by atoms with Gasteiger partial charge in [-0.05, 0) is 49.8 Å². The van der Waals surface area contributed by atoms with Gasteiger partial charge in [0.1, 0.15) is 16.9 Å². The molecular formula is C22H17F3N4O. The number of hydrogen-bond acceptors (Lipinski definition) is 4. The summed E-state index contributed by atoms with van der Waals surface area (Å²) in [7, 11) is 0. The van der Waals surface area contributed by atoms with Gasteiger partial charge in [-0.2, -0.15) is 18.2 Å². The van der Waals surface area contributed by atoms with Gasteiger partial charge in [-0.3, -0.25) is 0 Å². The molecule has 152 valence electrons. The van der Waals surface area contributed by atoms with Crippen molar-refractivity contribution in [3.05, 3.63) is 58.3 Å². The minimum absolute atomic E-state index is 0.0351. The summed E-state index contributed by atoms with van der Waals surface area (Å²) in [6.45, 7) is 0.636. The van der Waals surface area contributed by atoms with Crippen molar-refractivity contribution in [1.29, 1.82) is 0 Å². The summed E-state index contributed by atoms with van der Waals surface area (Å²) in [6, 6.07) is 9.19. The Morgan fingerprint density at radius 1 is 1.17 bits per heavy atom. The van der Waals surface area contributed by atoms with Gasteiger partial charge in [-0.1, -0.05) is 18.1 Å². The number of aromatic nitrogens is 3. The molecule has 0 saturated heterocycles. The first-order chi connectivity index (χ1) is 14.4. The van der Waals surface area contributed by atoms with E-state index < -0.39 is 17.3 Å². The standard InChI is InChI=1S/C22H17F3N4O/c23-22(24,25)21(10-11-21)9-7-16-14-5-3-13-29(18(14)8-12-26-16)19-15-4-1-2-6-17(15)27-20(30)28-19/h1-2,4,6,8,12H,3,5,10-11,13H2,(H,27,28,30). The molecule has 1 aliphatic heterocycles. The molecular weight excluding hydrogens is 393 g/mol. The molecule has 8 heteroatoms. The molecule has 1 fully saturated rings. The van der Waals surface area contributed by atoms with E-state index in [0.29, 0.717) is 30.0 Å². The lowest BCUT2D eigenvalue weighted by molar-refractivity contribution is -0.168. The number of nitrogens with zero attached hydrogens (tertiary/aromatic N) is 3. The Morgan fingerprint density at radius 2 is 1.97 bits per heavy atom. The lowest BCUT2D eigenvalue weighted by atomic mass is 9.99. The number of nitrogens with one attached hydrogen (secondary N) is 1. The molecule has 1 aromatic carbocycles. The fourth-order valence-corrected chi connectivity index (χ4v) is 3.92. The first kappa shape index (κ1) is 18.7. The molecule has 1 saturated carbocycles. The zero-order valence-electron chi connectivity index (χ0n) is 15.9. The molecule has 30 heavy (non-hydrogen) atoms. The van der Waals surface area contributed by atoms with Crippen LogP contribution in [0.5, 0.6) is 0 Å². The lowest BCUT2D eigenvalue weighted by Crippen LogP contribution is -2.28. The Kier molecular flexibility index (Phi) is 4.10. The fraction of sp³-hybridized carbons (Fsp3) is 0.318. The third-order valence-corrected chi connectivity index (χ3v) is 5.72. The number of aromatic amines is 1. The molecule has 0 bridgehead atoms. The van der Waals surface area contributed by atoms with Crippen LogP contribution in [-0.4, -0.2) is 27.7 Å². The van der Waals surface area contributed by atoms with Crippen LogP contribution < -0.4 is 10.6 Å². The van der Waals surface area contributed by atoms with E-state index in [-0.39, 0.29) is 12.8 Å². The van der Waals surface area contributed by atoms with E-state index in [9.17, 15) is 18.0 Å². The monoisotopic (exact) mass is 410 g/mol. The smallest absolute Gasteiger partial charge is 0.325 e. The number of halogens is 3. The minimum Gasteiger partial charge on any atom is -0.325 e. The van der Waals surface area contributed by atoms with Gasteiger partial charge in [0.05, 0.1) is 5.52 Å². The fourth-order valence-electron chi connectivity index (χ4n) is 3.92. The largest absolute Gasteiger partial charge is 0.405 e. The molecule has 5 nitrogen and oxygen atoms in total. The number of para-hydroxylation sites is 1. The van der Waals surface area contributed by atoms with E-state index in [4.69, 9.17) is 0 Å². The summed E-state index contributed by atoms with van der Waals surface area (Å²) in [5.74, 6) is 5.67. The third-order valence-electron chi connectivity index (χ3n) is 5.72. The molecule has 2 aromatic heterocycles. The maximum absolute atomic E-state index is 13.2. The van der Waals surface area contributed by atoms with Gasteiger partial charge < -0.3 is 9.88 Å². The SMILES string of the molecule is O=c1nc(N2CCCc3c2ccnc3C#CC2(C(F)(F)F)CC2)c2ccccc2[nH]1. The van der Waals surface area contributed by atoms with Crippen molar-refractivity contribution < 1.29 is 13.2 Å². The van der Waals surface area contributed by atoms with E-state index in [1.54, 1.807) is 12.3 Å². The molecule has 3 heterocycles. The second-order valence-corrected chi connectivity index (χ2v) is 7.65. The predicted octanol–water partition coefficient (Wildman–Crippen LogP) is 4.10. The maximum atomic E-state index is 13.2. The molecule has 3 aromatic rings. The summed E-state index contributed by atoms with van der Waals surface area (Å²) in [4.78, 5) is 25.2. The van der Waals surface area contributed by atoms with Crippen LogP contribution in [0.25, 0.3) is 10.9 Å². The number of pyridine rings is 1. The molecule has 0 radical (unpaired) electrons. The number of alkyl halides is 3. The molecule has 5 rings (SSSR count). The van der Waals surface area contributed by atoms with Gasteiger partial charge in [0, 0.05) is 29.4 Å². The molecule has 0 spiro atoms. The minimum atomic E-state index is -4.32. The highest BCUT2D eigenvalue weighted by Crippen LogP contribution is 2.57. The second kappa shape index (κ2) is 6.59. The van der Waals surface area contributed by atoms with Gasteiger partial charge in [0.15, 0.2) is 0 Å². The summed E-state index contributed by atoms with van der Waals surface area (Å²) in [6.07, 6.45) is -1.30. The Labute approximate surface area is 170 Å². The second-order valence-electron chi connectivity index (χ2n) is 7.65. The number of anilines is 2. The van der Waals surface area contributed by atoms with Crippen LogP contribution in [0.1, 0.15) is 30.5 Å². The van der Waals surface area contributed by atoms with Crippen molar-refractivity contribution in [2.24, 2.45) is 5.41 Å². The van der Waals surface area contributed by atoms with Crippen LogP contribution in [0.4, 0.5) is 24.7 Å². The lowest BCUT2D eigenvalue weighted by Gasteiger charge is -2.31. The highest BCUT2D eigenvalue weighted by Gasteiger charge is 2.62. The van der Waals surface area contributed by atoms with Gasteiger partial charge in [0.2, 0.25) is 0 Å². The van der Waals surface area contributed by atoms with E-state index in [1.807, 2.05) is 29.2 Å². The molecule has 0 atom stereocenters. The zero-order valence-corrected chi connectivity index (χ0v) is 15.9. The number of rotatable bonds is 1. The van der Waals surface area contributed by atoms with Crippen LogP contribution in [0.15, 0.2) is 41.3 Å². The van der Waals surface area contributed by atoms with Crippen LogP contribution in [0, 0.1) is 17.3 Å².